The van der Waals surface area contributed by atoms with E-state index in [1.165, 1.54) is 16.7 Å². The zero-order chi connectivity index (χ0) is 9.10. The second kappa shape index (κ2) is 4.93. The molecule has 0 aliphatic rings. The summed E-state index contributed by atoms with van der Waals surface area (Å²) in [4.78, 5) is 0. The lowest BCUT2D eigenvalue weighted by Gasteiger charge is -2.04. The van der Waals surface area contributed by atoms with E-state index >= 15 is 0 Å². The molecule has 0 aliphatic heterocycles. The fourth-order valence-electron chi connectivity index (χ4n) is 1.51. The zero-order valence-corrected chi connectivity index (χ0v) is 9.82. The minimum absolute atomic E-state index is 0. The molecular weight excluding hydrogens is 187 g/mol. The van der Waals surface area contributed by atoms with Crippen LogP contribution in [0.3, 0.4) is 0 Å². The zero-order valence-electron chi connectivity index (χ0n) is 8.40. The van der Waals surface area contributed by atoms with Gasteiger partial charge in [0.2, 0.25) is 0 Å². The molecule has 0 aromatic heterocycles. The fraction of sp³-hybridized carbons (Fsp3) is 0.0769. The van der Waals surface area contributed by atoms with Gasteiger partial charge in [-0.3, -0.25) is 0 Å². The van der Waals surface area contributed by atoms with Gasteiger partial charge in [-0.2, -0.15) is 9.90 Å². The van der Waals surface area contributed by atoms with Crippen molar-refractivity contribution in [3.05, 3.63) is 60.2 Å². The van der Waals surface area contributed by atoms with Crippen LogP contribution in [0, 0.1) is 6.92 Å². The molecule has 1 unspecified atom stereocenters. The number of rotatable bonds is 1. The van der Waals surface area contributed by atoms with E-state index in [9.17, 15) is 0 Å². The van der Waals surface area contributed by atoms with Crippen LogP contribution in [-0.2, 0) is 0 Å². The summed E-state index contributed by atoms with van der Waals surface area (Å²) < 4.78 is 0. The average Bonchev–Trinajstić information content (AvgIpc) is 2.20. The lowest BCUT2D eigenvalue weighted by Crippen LogP contribution is -1.80. The van der Waals surface area contributed by atoms with Crippen LogP contribution in [0.25, 0.3) is 11.1 Å². The summed E-state index contributed by atoms with van der Waals surface area (Å²) in [6.07, 6.45) is 0. The summed E-state index contributed by atoms with van der Waals surface area (Å²) in [7, 11) is 0. The van der Waals surface area contributed by atoms with E-state index < -0.39 is 0 Å². The first-order chi connectivity index (χ1) is 6.38. The Hall–Kier alpha value is -1.13. The summed E-state index contributed by atoms with van der Waals surface area (Å²) in [5.41, 5.74) is 3.94. The smallest absolute Gasteiger partial charge is 0.0155 e. The van der Waals surface area contributed by atoms with Crippen molar-refractivity contribution < 1.29 is 0 Å². The van der Waals surface area contributed by atoms with Gasteiger partial charge in [0.15, 0.2) is 0 Å². The normalized spacial score (nSPS) is 9.21. The Bertz CT molecular complexity index is 393. The van der Waals surface area contributed by atoms with E-state index in [-0.39, 0.29) is 9.90 Å². The third kappa shape index (κ3) is 2.21. The van der Waals surface area contributed by atoms with Crippen molar-refractivity contribution in [1.82, 2.24) is 0 Å². The molecule has 2 rings (SSSR count). The lowest BCUT2D eigenvalue weighted by molar-refractivity contribution is 1.46. The van der Waals surface area contributed by atoms with Crippen molar-refractivity contribution in [1.29, 1.82) is 0 Å². The molecule has 0 N–H and O–H groups in total. The molecule has 0 bridgehead atoms. The highest BCUT2D eigenvalue weighted by molar-refractivity contribution is 6.92. The highest BCUT2D eigenvalue weighted by Gasteiger charge is 1.97. The molecule has 0 heterocycles. The lowest BCUT2D eigenvalue weighted by atomic mass is 10.0. The summed E-state index contributed by atoms with van der Waals surface area (Å²) in [5.74, 6) is 0. The van der Waals surface area contributed by atoms with Crippen molar-refractivity contribution in [3.8, 4) is 11.1 Å². The third-order valence-electron chi connectivity index (χ3n) is 2.23. The van der Waals surface area contributed by atoms with Crippen LogP contribution < -0.4 is 0 Å². The van der Waals surface area contributed by atoms with E-state index in [4.69, 9.17) is 0 Å². The van der Waals surface area contributed by atoms with Gasteiger partial charge in [-0.1, -0.05) is 54.6 Å². The largest absolute Gasteiger partial charge is 0.153 e. The second-order valence-electron chi connectivity index (χ2n) is 3.18. The van der Waals surface area contributed by atoms with Crippen LogP contribution in [0.4, 0.5) is 0 Å². The molecule has 1 atom stereocenters. The molecule has 1 heteroatoms. The van der Waals surface area contributed by atoms with Crippen molar-refractivity contribution in [3.63, 3.8) is 0 Å². The molecule has 2 aromatic carbocycles. The van der Waals surface area contributed by atoms with Crippen molar-refractivity contribution in [2.45, 2.75) is 6.92 Å². The Morgan fingerprint density at radius 2 is 1.29 bits per heavy atom. The first-order valence-electron chi connectivity index (χ1n) is 4.49. The van der Waals surface area contributed by atoms with Crippen LogP contribution in [0.1, 0.15) is 5.56 Å². The first-order valence-corrected chi connectivity index (χ1v) is 4.49. The number of benzene rings is 2. The second-order valence-corrected chi connectivity index (χ2v) is 3.18. The highest BCUT2D eigenvalue weighted by atomic mass is 31.0. The quantitative estimate of drug-likeness (QED) is 0.618. The summed E-state index contributed by atoms with van der Waals surface area (Å²) in [6.45, 7) is 2.14. The van der Waals surface area contributed by atoms with Gasteiger partial charge in [0.05, 0.1) is 0 Å². The van der Waals surface area contributed by atoms with Gasteiger partial charge in [-0.15, -0.1) is 0 Å². The Morgan fingerprint density at radius 3 is 1.93 bits per heavy atom. The van der Waals surface area contributed by atoms with E-state index in [0.29, 0.717) is 0 Å². The Balaban J connectivity index is 0.000000980. The Kier molecular flexibility index (Phi) is 3.85. The van der Waals surface area contributed by atoms with Crippen molar-refractivity contribution >= 4 is 9.90 Å². The van der Waals surface area contributed by atoms with Crippen LogP contribution in [0.15, 0.2) is 54.6 Å². The van der Waals surface area contributed by atoms with Gasteiger partial charge in [0.25, 0.3) is 0 Å². The Labute approximate surface area is 88.6 Å². The molecule has 0 spiro atoms. The number of aryl methyl sites for hydroxylation is 1. The van der Waals surface area contributed by atoms with Crippen LogP contribution in [0.2, 0.25) is 0 Å². The summed E-state index contributed by atoms with van der Waals surface area (Å²) >= 11 is 0. The molecule has 2 aromatic rings. The van der Waals surface area contributed by atoms with Gasteiger partial charge in [0, 0.05) is 0 Å². The van der Waals surface area contributed by atoms with Gasteiger partial charge in [0.1, 0.15) is 0 Å². The number of hydrogen-bond acceptors (Lipinski definition) is 0. The van der Waals surface area contributed by atoms with Gasteiger partial charge < -0.3 is 0 Å². The van der Waals surface area contributed by atoms with Crippen LogP contribution >= 0.6 is 9.90 Å². The minimum atomic E-state index is 0. The van der Waals surface area contributed by atoms with Gasteiger partial charge in [-0.05, 0) is 23.6 Å². The van der Waals surface area contributed by atoms with Gasteiger partial charge in [-0.25, -0.2) is 0 Å². The molecule has 0 saturated heterocycles. The molecule has 0 saturated carbocycles. The molecule has 0 radical (unpaired) electrons. The van der Waals surface area contributed by atoms with Crippen LogP contribution in [-0.4, -0.2) is 0 Å². The minimum Gasteiger partial charge on any atom is -0.153 e. The molecule has 0 aliphatic carbocycles. The van der Waals surface area contributed by atoms with E-state index in [0.717, 1.165) is 0 Å². The molecule has 14 heavy (non-hydrogen) atoms. The predicted octanol–water partition coefficient (Wildman–Crippen LogP) is 3.72. The van der Waals surface area contributed by atoms with Gasteiger partial charge >= 0.3 is 0 Å². The maximum atomic E-state index is 2.16. The molecular formula is C13H15P. The monoisotopic (exact) mass is 202 g/mol. The number of hydrogen-bond donors (Lipinski definition) is 0. The predicted molar refractivity (Wildman–Crippen MR) is 67.7 cm³/mol. The summed E-state index contributed by atoms with van der Waals surface area (Å²) in [5, 5.41) is 0. The topological polar surface area (TPSA) is 0 Å². The highest BCUT2D eigenvalue weighted by Crippen LogP contribution is 2.21. The molecule has 0 nitrogen and oxygen atoms in total. The first kappa shape index (κ1) is 10.9. The molecule has 0 amide bonds. The maximum absolute atomic E-state index is 2.16. The Morgan fingerprint density at radius 1 is 0.714 bits per heavy atom. The van der Waals surface area contributed by atoms with Crippen LogP contribution in [0.5, 0.6) is 0 Å². The standard InChI is InChI=1S/C13H12.H3P/c1-11-7-5-6-10-13(11)12-8-3-2-4-9-12;/h2-10H,1H3;1H3. The summed E-state index contributed by atoms with van der Waals surface area (Å²) in [6, 6.07) is 18.9. The third-order valence-corrected chi connectivity index (χ3v) is 2.23. The van der Waals surface area contributed by atoms with Crippen molar-refractivity contribution in [2.24, 2.45) is 0 Å². The van der Waals surface area contributed by atoms with Crippen molar-refractivity contribution in [2.75, 3.05) is 0 Å². The average molecular weight is 202 g/mol. The van der Waals surface area contributed by atoms with E-state index in [1.807, 2.05) is 6.07 Å². The SMILES string of the molecule is Cc1ccccc1-c1ccccc1.P. The maximum Gasteiger partial charge on any atom is -0.0155 e. The molecule has 0 fully saturated rings. The molecule has 72 valence electrons. The van der Waals surface area contributed by atoms with E-state index in [1.54, 1.807) is 0 Å². The van der Waals surface area contributed by atoms with E-state index in [2.05, 4.69) is 55.5 Å². The fourth-order valence-corrected chi connectivity index (χ4v) is 1.51.